The lowest BCUT2D eigenvalue weighted by Crippen LogP contribution is -2.12. The molecule has 21 heavy (non-hydrogen) atoms. The minimum Gasteiger partial charge on any atom is -0.254 e. The second kappa shape index (κ2) is 6.19. The summed E-state index contributed by atoms with van der Waals surface area (Å²) in [6.07, 6.45) is 1.40. The highest BCUT2D eigenvalue weighted by Gasteiger charge is 2.17. The Labute approximate surface area is 129 Å². The molecule has 0 bridgehead atoms. The Bertz CT molecular complexity index is 672. The molecule has 0 atom stereocenters. The summed E-state index contributed by atoms with van der Waals surface area (Å²) in [5, 5.41) is 7.05. The molecule has 0 fully saturated rings. The van der Waals surface area contributed by atoms with Crippen molar-refractivity contribution in [1.82, 2.24) is 15.2 Å². The number of aromatic nitrogens is 3. The van der Waals surface area contributed by atoms with Gasteiger partial charge in [0.2, 0.25) is 0 Å². The Kier molecular flexibility index (Phi) is 4.73. The topological polar surface area (TPSA) is 75.7 Å². The minimum atomic E-state index is -3.26. The molecule has 0 saturated carbocycles. The van der Waals surface area contributed by atoms with Crippen molar-refractivity contribution in [2.75, 3.05) is 11.5 Å². The van der Waals surface area contributed by atoms with E-state index in [-0.39, 0.29) is 11.2 Å². The highest BCUT2D eigenvalue weighted by atomic mass is 32.2. The first-order valence-corrected chi connectivity index (χ1v) is 9.24. The van der Waals surface area contributed by atoms with E-state index in [1.807, 2.05) is 12.1 Å². The smallest absolute Gasteiger partial charge is 0.183 e. The fraction of sp³-hybridized carbons (Fsp3) is 0.429. The molecule has 1 N–H and O–H groups in total. The number of rotatable bonds is 5. The summed E-state index contributed by atoms with van der Waals surface area (Å²) in [4.78, 5) is 4.32. The van der Waals surface area contributed by atoms with Crippen molar-refractivity contribution in [1.29, 1.82) is 0 Å². The fourth-order valence-electron chi connectivity index (χ4n) is 1.79. The summed E-state index contributed by atoms with van der Waals surface area (Å²) in [7, 11) is -3.26. The quantitative estimate of drug-likeness (QED) is 0.855. The maximum atomic E-state index is 12.3. The van der Waals surface area contributed by atoms with Crippen LogP contribution in [0.15, 0.2) is 40.6 Å². The van der Waals surface area contributed by atoms with Gasteiger partial charge in [0.25, 0.3) is 0 Å². The van der Waals surface area contributed by atoms with Crippen molar-refractivity contribution in [3.63, 3.8) is 0 Å². The van der Waals surface area contributed by atoms with E-state index in [0.717, 1.165) is 5.56 Å². The first kappa shape index (κ1) is 16.0. The molecule has 5 nitrogen and oxygen atoms in total. The van der Waals surface area contributed by atoms with Crippen LogP contribution in [0.5, 0.6) is 0 Å². The van der Waals surface area contributed by atoms with E-state index >= 15 is 0 Å². The van der Waals surface area contributed by atoms with Gasteiger partial charge in [0.15, 0.2) is 15.0 Å². The number of benzene rings is 1. The van der Waals surface area contributed by atoms with Gasteiger partial charge in [-0.2, -0.15) is 5.10 Å². The molecule has 1 aromatic heterocycles. The Morgan fingerprint density at radius 2 is 1.86 bits per heavy atom. The molecular weight excluding hydrogens is 306 g/mol. The standard InChI is InChI=1S/C14H19N3O2S2/c1-14(2,3)11-4-6-12(7-5-11)21(18,19)9-8-20-13-15-10-16-17-13/h4-7,10H,8-9H2,1-3H3,(H,15,16,17). The fourth-order valence-corrected chi connectivity index (χ4v) is 4.22. The monoisotopic (exact) mass is 325 g/mol. The van der Waals surface area contributed by atoms with Crippen molar-refractivity contribution < 1.29 is 8.42 Å². The first-order chi connectivity index (χ1) is 9.79. The van der Waals surface area contributed by atoms with Crippen LogP contribution in [0.1, 0.15) is 26.3 Å². The molecule has 0 spiro atoms. The minimum absolute atomic E-state index is 0.0183. The summed E-state index contributed by atoms with van der Waals surface area (Å²) in [5.74, 6) is 0.520. The molecule has 0 aliphatic rings. The molecule has 0 saturated heterocycles. The Balaban J connectivity index is 2.02. The van der Waals surface area contributed by atoms with Crippen molar-refractivity contribution in [3.05, 3.63) is 36.2 Å². The third kappa shape index (κ3) is 4.31. The third-order valence-electron chi connectivity index (χ3n) is 3.06. The highest BCUT2D eigenvalue weighted by Crippen LogP contribution is 2.24. The Hall–Kier alpha value is -1.34. The number of aromatic amines is 1. The first-order valence-electron chi connectivity index (χ1n) is 6.60. The van der Waals surface area contributed by atoms with Crippen LogP contribution >= 0.6 is 11.8 Å². The van der Waals surface area contributed by atoms with E-state index in [4.69, 9.17) is 0 Å². The maximum absolute atomic E-state index is 12.3. The van der Waals surface area contributed by atoms with E-state index in [2.05, 4.69) is 36.0 Å². The van der Waals surface area contributed by atoms with E-state index in [1.165, 1.54) is 18.1 Å². The van der Waals surface area contributed by atoms with Gasteiger partial charge in [0.05, 0.1) is 10.6 Å². The molecule has 0 amide bonds. The van der Waals surface area contributed by atoms with Crippen LogP contribution in [0.4, 0.5) is 0 Å². The van der Waals surface area contributed by atoms with E-state index in [0.29, 0.717) is 15.8 Å². The number of hydrogen-bond donors (Lipinski definition) is 1. The molecular formula is C14H19N3O2S2. The molecule has 7 heteroatoms. The highest BCUT2D eigenvalue weighted by molar-refractivity contribution is 8.00. The SMILES string of the molecule is CC(C)(C)c1ccc(S(=O)(=O)CCSc2ncn[nH]2)cc1. The zero-order valence-corrected chi connectivity index (χ0v) is 14.0. The Morgan fingerprint density at radius 3 is 2.38 bits per heavy atom. The average molecular weight is 325 g/mol. The second-order valence-corrected chi connectivity index (χ2v) is 8.93. The number of hydrogen-bond acceptors (Lipinski definition) is 5. The molecule has 0 aliphatic heterocycles. The van der Waals surface area contributed by atoms with Gasteiger partial charge < -0.3 is 0 Å². The van der Waals surface area contributed by atoms with Crippen LogP contribution < -0.4 is 0 Å². The lowest BCUT2D eigenvalue weighted by Gasteiger charge is -2.19. The van der Waals surface area contributed by atoms with Crippen molar-refractivity contribution in [2.24, 2.45) is 0 Å². The summed E-state index contributed by atoms with van der Waals surface area (Å²) < 4.78 is 24.5. The Morgan fingerprint density at radius 1 is 1.19 bits per heavy atom. The van der Waals surface area contributed by atoms with Crippen LogP contribution in [-0.4, -0.2) is 35.1 Å². The van der Waals surface area contributed by atoms with Crippen LogP contribution in [0.2, 0.25) is 0 Å². The predicted octanol–water partition coefficient (Wildman–Crippen LogP) is 2.67. The zero-order valence-electron chi connectivity index (χ0n) is 12.3. The molecule has 0 radical (unpaired) electrons. The van der Waals surface area contributed by atoms with Crippen molar-refractivity contribution in [3.8, 4) is 0 Å². The molecule has 114 valence electrons. The lowest BCUT2D eigenvalue weighted by molar-refractivity contribution is 0.586. The predicted molar refractivity (Wildman–Crippen MR) is 84.3 cm³/mol. The van der Waals surface area contributed by atoms with Crippen LogP contribution in [0.25, 0.3) is 0 Å². The molecule has 0 aliphatic carbocycles. The van der Waals surface area contributed by atoms with Crippen molar-refractivity contribution >= 4 is 21.6 Å². The number of thioether (sulfide) groups is 1. The number of H-pyrrole nitrogens is 1. The number of sulfone groups is 1. The average Bonchev–Trinajstić information content (AvgIpc) is 2.91. The normalized spacial score (nSPS) is 12.5. The van der Waals surface area contributed by atoms with Gasteiger partial charge in [-0.05, 0) is 23.1 Å². The summed E-state index contributed by atoms with van der Waals surface area (Å²) in [6.45, 7) is 6.31. The summed E-state index contributed by atoms with van der Waals surface area (Å²) >= 11 is 1.35. The molecule has 1 aromatic carbocycles. The zero-order chi connectivity index (χ0) is 15.5. The van der Waals surface area contributed by atoms with Gasteiger partial charge in [-0.25, -0.2) is 13.4 Å². The van der Waals surface area contributed by atoms with E-state index in [1.54, 1.807) is 12.1 Å². The van der Waals surface area contributed by atoms with Gasteiger partial charge in [0, 0.05) is 5.75 Å². The number of nitrogens with one attached hydrogen (secondary N) is 1. The van der Waals surface area contributed by atoms with E-state index < -0.39 is 9.84 Å². The summed E-state index contributed by atoms with van der Waals surface area (Å²) in [5.41, 5.74) is 1.14. The van der Waals surface area contributed by atoms with Gasteiger partial charge >= 0.3 is 0 Å². The second-order valence-electron chi connectivity index (χ2n) is 5.73. The van der Waals surface area contributed by atoms with Crippen LogP contribution in [0.3, 0.4) is 0 Å². The molecule has 2 rings (SSSR count). The van der Waals surface area contributed by atoms with Gasteiger partial charge in [0.1, 0.15) is 6.33 Å². The van der Waals surface area contributed by atoms with Gasteiger partial charge in [-0.15, -0.1) is 0 Å². The van der Waals surface area contributed by atoms with Crippen LogP contribution in [-0.2, 0) is 15.3 Å². The molecule has 0 unspecified atom stereocenters. The lowest BCUT2D eigenvalue weighted by atomic mass is 9.87. The number of nitrogens with zero attached hydrogens (tertiary/aromatic N) is 2. The molecule has 1 heterocycles. The van der Waals surface area contributed by atoms with Crippen molar-refractivity contribution in [2.45, 2.75) is 36.2 Å². The third-order valence-corrected chi connectivity index (χ3v) is 5.93. The molecule has 2 aromatic rings. The van der Waals surface area contributed by atoms with Gasteiger partial charge in [-0.3, -0.25) is 5.10 Å². The summed E-state index contributed by atoms with van der Waals surface area (Å²) in [6, 6.07) is 7.15. The maximum Gasteiger partial charge on any atom is 0.183 e. The van der Waals surface area contributed by atoms with Crippen LogP contribution in [0, 0.1) is 0 Å². The van der Waals surface area contributed by atoms with Gasteiger partial charge in [-0.1, -0.05) is 44.7 Å². The largest absolute Gasteiger partial charge is 0.254 e. The van der Waals surface area contributed by atoms with E-state index in [9.17, 15) is 8.42 Å².